The van der Waals surface area contributed by atoms with Gasteiger partial charge < -0.3 is 20.9 Å². The van der Waals surface area contributed by atoms with Crippen molar-refractivity contribution in [1.82, 2.24) is 5.32 Å². The molecular weight excluding hydrogens is 288 g/mol. The molecule has 120 valence electrons. The molecule has 4 N–H and O–H groups in total. The first kappa shape index (κ1) is 17.6. The second kappa shape index (κ2) is 8.78. The fraction of sp³-hybridized carbons (Fsp3) is 0.400. The van der Waals surface area contributed by atoms with Crippen LogP contribution in [-0.2, 0) is 25.5 Å². The molecule has 0 aliphatic rings. The molecule has 0 spiro atoms. The van der Waals surface area contributed by atoms with Crippen LogP contribution in [0.1, 0.15) is 18.4 Å². The van der Waals surface area contributed by atoms with E-state index in [2.05, 4.69) is 10.1 Å². The molecule has 22 heavy (non-hydrogen) atoms. The summed E-state index contributed by atoms with van der Waals surface area (Å²) in [5, 5.41) is 11.1. The number of methoxy groups -OCH3 is 1. The zero-order valence-electron chi connectivity index (χ0n) is 12.3. The first-order valence-corrected chi connectivity index (χ1v) is 6.83. The number of nitrogens with one attached hydrogen (secondary N) is 1. The Morgan fingerprint density at radius 1 is 1.27 bits per heavy atom. The van der Waals surface area contributed by atoms with Crippen molar-refractivity contribution in [3.05, 3.63) is 35.9 Å². The third kappa shape index (κ3) is 5.92. The maximum Gasteiger partial charge on any atom is 0.328 e. The Balaban J connectivity index is 2.62. The number of benzene rings is 1. The van der Waals surface area contributed by atoms with Crippen LogP contribution in [0.4, 0.5) is 0 Å². The predicted octanol–water partition coefficient (Wildman–Crippen LogP) is 0.0790. The van der Waals surface area contributed by atoms with Crippen molar-refractivity contribution in [3.8, 4) is 0 Å². The summed E-state index contributed by atoms with van der Waals surface area (Å²) in [5.41, 5.74) is 6.48. The minimum absolute atomic E-state index is 0.336. The Morgan fingerprint density at radius 2 is 1.91 bits per heavy atom. The van der Waals surface area contributed by atoms with E-state index in [4.69, 9.17) is 10.8 Å². The Labute approximate surface area is 128 Å². The van der Waals surface area contributed by atoms with Gasteiger partial charge in [-0.25, -0.2) is 4.79 Å². The summed E-state index contributed by atoms with van der Waals surface area (Å²) in [6.07, 6.45) is 0.398. The van der Waals surface area contributed by atoms with Gasteiger partial charge in [-0.2, -0.15) is 0 Å². The number of amides is 1. The van der Waals surface area contributed by atoms with Gasteiger partial charge in [-0.3, -0.25) is 9.59 Å². The van der Waals surface area contributed by atoms with Crippen molar-refractivity contribution >= 4 is 17.8 Å². The zero-order chi connectivity index (χ0) is 16.5. The summed E-state index contributed by atoms with van der Waals surface area (Å²) in [6.45, 7) is 0. The molecule has 0 unspecified atom stereocenters. The quantitative estimate of drug-likeness (QED) is 0.585. The van der Waals surface area contributed by atoms with Gasteiger partial charge in [0.05, 0.1) is 19.6 Å². The van der Waals surface area contributed by atoms with Gasteiger partial charge in [-0.15, -0.1) is 0 Å². The fourth-order valence-corrected chi connectivity index (χ4v) is 1.91. The van der Waals surface area contributed by atoms with Crippen LogP contribution in [0.3, 0.4) is 0 Å². The summed E-state index contributed by atoms with van der Waals surface area (Å²) >= 11 is 0. The maximum atomic E-state index is 11.8. The van der Waals surface area contributed by atoms with Gasteiger partial charge in [0.1, 0.15) is 6.04 Å². The molecular formula is C15H20N2O5. The van der Waals surface area contributed by atoms with Crippen LogP contribution in [-0.4, -0.2) is 42.1 Å². The summed E-state index contributed by atoms with van der Waals surface area (Å²) in [5.74, 6) is -2.46. The van der Waals surface area contributed by atoms with Crippen molar-refractivity contribution in [2.24, 2.45) is 5.73 Å². The second-order valence-electron chi connectivity index (χ2n) is 4.81. The first-order chi connectivity index (χ1) is 10.4. The average Bonchev–Trinajstić information content (AvgIpc) is 2.50. The van der Waals surface area contributed by atoms with Crippen molar-refractivity contribution in [1.29, 1.82) is 0 Å². The lowest BCUT2D eigenvalue weighted by molar-refractivity contribution is -0.145. The van der Waals surface area contributed by atoms with E-state index in [1.807, 2.05) is 30.3 Å². The lowest BCUT2D eigenvalue weighted by Gasteiger charge is -2.18. The normalized spacial score (nSPS) is 13.0. The summed E-state index contributed by atoms with van der Waals surface area (Å²) in [4.78, 5) is 34.1. The number of aryl methyl sites for hydroxylation is 1. The maximum absolute atomic E-state index is 11.8. The number of esters is 1. The van der Waals surface area contributed by atoms with Crippen LogP contribution in [0, 0.1) is 0 Å². The van der Waals surface area contributed by atoms with E-state index in [0.717, 1.165) is 5.56 Å². The standard InChI is InChI=1S/C15H20N2O5/c1-22-15(21)12(8-7-10-5-3-2-4-6-10)17-14(20)11(16)9-13(18)19/h2-6,11-12H,7-9,16H2,1H3,(H,17,20)(H,18,19)/t11-,12+/m0/s1. The number of aliphatic carboxylic acids is 1. The van der Waals surface area contributed by atoms with Crippen LogP contribution in [0.25, 0.3) is 0 Å². The molecule has 1 rings (SSSR count). The molecule has 0 aliphatic carbocycles. The molecule has 0 aliphatic heterocycles. The van der Waals surface area contributed by atoms with Crippen LogP contribution in [0.15, 0.2) is 30.3 Å². The lowest BCUT2D eigenvalue weighted by Crippen LogP contribution is -2.49. The number of carbonyl (C=O) groups is 3. The van der Waals surface area contributed by atoms with Gasteiger partial charge in [0, 0.05) is 0 Å². The molecule has 0 heterocycles. The minimum atomic E-state index is -1.21. The minimum Gasteiger partial charge on any atom is -0.481 e. The van der Waals surface area contributed by atoms with Gasteiger partial charge in [-0.05, 0) is 18.4 Å². The lowest BCUT2D eigenvalue weighted by atomic mass is 10.0. The molecule has 0 bridgehead atoms. The SMILES string of the molecule is COC(=O)[C@@H](CCc1ccccc1)NC(=O)[C@@H](N)CC(=O)O. The fourth-order valence-electron chi connectivity index (χ4n) is 1.91. The highest BCUT2D eigenvalue weighted by Gasteiger charge is 2.25. The van der Waals surface area contributed by atoms with Crippen LogP contribution >= 0.6 is 0 Å². The number of nitrogens with two attached hydrogens (primary N) is 1. The van der Waals surface area contributed by atoms with Gasteiger partial charge in [0.25, 0.3) is 0 Å². The van der Waals surface area contributed by atoms with E-state index in [1.54, 1.807) is 0 Å². The molecule has 0 radical (unpaired) electrons. The molecule has 1 aromatic rings. The number of rotatable bonds is 8. The molecule has 7 nitrogen and oxygen atoms in total. The van der Waals surface area contributed by atoms with Crippen molar-refractivity contribution in [3.63, 3.8) is 0 Å². The van der Waals surface area contributed by atoms with Crippen molar-refractivity contribution in [2.45, 2.75) is 31.3 Å². The van der Waals surface area contributed by atoms with Crippen LogP contribution < -0.4 is 11.1 Å². The zero-order valence-corrected chi connectivity index (χ0v) is 12.3. The topological polar surface area (TPSA) is 119 Å². The van der Waals surface area contributed by atoms with Gasteiger partial charge in [-0.1, -0.05) is 30.3 Å². The second-order valence-corrected chi connectivity index (χ2v) is 4.81. The Morgan fingerprint density at radius 3 is 2.45 bits per heavy atom. The third-order valence-electron chi connectivity index (χ3n) is 3.10. The highest BCUT2D eigenvalue weighted by atomic mass is 16.5. The molecule has 0 fully saturated rings. The van der Waals surface area contributed by atoms with Gasteiger partial charge in [0.15, 0.2) is 0 Å². The number of ether oxygens (including phenoxy) is 1. The smallest absolute Gasteiger partial charge is 0.328 e. The highest BCUT2D eigenvalue weighted by molar-refractivity contribution is 5.89. The largest absolute Gasteiger partial charge is 0.481 e. The Hall–Kier alpha value is -2.41. The molecule has 1 aromatic carbocycles. The van der Waals surface area contributed by atoms with E-state index in [-0.39, 0.29) is 0 Å². The van der Waals surface area contributed by atoms with E-state index in [1.165, 1.54) is 7.11 Å². The van der Waals surface area contributed by atoms with E-state index < -0.39 is 36.4 Å². The molecule has 0 saturated heterocycles. The highest BCUT2D eigenvalue weighted by Crippen LogP contribution is 2.06. The number of hydrogen-bond acceptors (Lipinski definition) is 5. The first-order valence-electron chi connectivity index (χ1n) is 6.83. The van der Waals surface area contributed by atoms with Crippen molar-refractivity contribution in [2.75, 3.05) is 7.11 Å². The molecule has 7 heteroatoms. The monoisotopic (exact) mass is 308 g/mol. The Bertz CT molecular complexity index is 518. The summed E-state index contributed by atoms with van der Waals surface area (Å²) in [6, 6.07) is 7.39. The molecule has 0 saturated carbocycles. The van der Waals surface area contributed by atoms with E-state index in [9.17, 15) is 14.4 Å². The number of carboxylic acids is 1. The molecule has 1 amide bonds. The van der Waals surface area contributed by atoms with E-state index >= 15 is 0 Å². The van der Waals surface area contributed by atoms with Crippen LogP contribution in [0.5, 0.6) is 0 Å². The van der Waals surface area contributed by atoms with Crippen LogP contribution in [0.2, 0.25) is 0 Å². The Kier molecular flexibility index (Phi) is 7.04. The van der Waals surface area contributed by atoms with Crippen molar-refractivity contribution < 1.29 is 24.2 Å². The third-order valence-corrected chi connectivity index (χ3v) is 3.10. The molecule has 0 aromatic heterocycles. The van der Waals surface area contributed by atoms with Gasteiger partial charge in [0.2, 0.25) is 5.91 Å². The summed E-state index contributed by atoms with van der Waals surface area (Å²) in [7, 11) is 1.22. The number of carboxylic acid groups (broad SMARTS) is 1. The average molecular weight is 308 g/mol. The summed E-state index contributed by atoms with van der Waals surface area (Å²) < 4.78 is 4.65. The van der Waals surface area contributed by atoms with E-state index in [0.29, 0.717) is 12.8 Å². The number of carbonyl (C=O) groups excluding carboxylic acids is 2. The number of hydrogen-bond donors (Lipinski definition) is 3. The predicted molar refractivity (Wildman–Crippen MR) is 78.9 cm³/mol. The molecule has 2 atom stereocenters. The van der Waals surface area contributed by atoms with Gasteiger partial charge >= 0.3 is 11.9 Å².